The van der Waals surface area contributed by atoms with Gasteiger partial charge in [0.05, 0.1) is 12.2 Å². The van der Waals surface area contributed by atoms with Crippen molar-refractivity contribution in [3.8, 4) is 0 Å². The number of ether oxygens (including phenoxy) is 2. The van der Waals surface area contributed by atoms with Gasteiger partial charge in [0.2, 0.25) is 0 Å². The van der Waals surface area contributed by atoms with Crippen LogP contribution in [0.15, 0.2) is 0 Å². The van der Waals surface area contributed by atoms with Gasteiger partial charge in [-0.3, -0.25) is 9.59 Å². The lowest BCUT2D eigenvalue weighted by molar-refractivity contribution is -0.190. The number of hydrogen-bond acceptors (Lipinski definition) is 5. The molecule has 1 spiro atoms. The van der Waals surface area contributed by atoms with Gasteiger partial charge in [-0.25, -0.2) is 0 Å². The molecule has 156 valence electrons. The van der Waals surface area contributed by atoms with E-state index in [1.54, 1.807) is 6.92 Å². The van der Waals surface area contributed by atoms with Crippen molar-refractivity contribution in [1.29, 1.82) is 0 Å². The normalized spacial score (nSPS) is 56.7. The van der Waals surface area contributed by atoms with Gasteiger partial charge in [-0.15, -0.1) is 0 Å². The average Bonchev–Trinajstić information content (AvgIpc) is 3.21. The van der Waals surface area contributed by atoms with Crippen LogP contribution >= 0.6 is 0 Å². The minimum Gasteiger partial charge on any atom is -0.451 e. The van der Waals surface area contributed by atoms with Gasteiger partial charge in [0.25, 0.3) is 0 Å². The van der Waals surface area contributed by atoms with Crippen molar-refractivity contribution in [3.63, 3.8) is 0 Å². The molecule has 5 heteroatoms. The third-order valence-corrected chi connectivity index (χ3v) is 10.1. The number of Topliss-reactive ketones (excluding diaryl/α,β-unsaturated/α-hetero) is 1. The zero-order chi connectivity index (χ0) is 20.1. The van der Waals surface area contributed by atoms with Gasteiger partial charge in [0.15, 0.2) is 11.4 Å². The van der Waals surface area contributed by atoms with Crippen LogP contribution in [0, 0.1) is 28.6 Å². The molecule has 0 aromatic heterocycles. The molecule has 5 nitrogen and oxygen atoms in total. The van der Waals surface area contributed by atoms with Crippen LogP contribution in [0.3, 0.4) is 0 Å². The SMILES string of the molecule is CC(=O)O[C@]1(C(C)=O)CC[C@@H]2[C@@H]3C[C@@H]4O[C@@]45C[C@H](O)CC[C@]5(C)[C@H]3CC[C@]21C. The maximum atomic E-state index is 12.8. The van der Waals surface area contributed by atoms with Crippen LogP contribution in [-0.4, -0.2) is 40.3 Å². The Kier molecular flexibility index (Phi) is 3.81. The molecule has 4 aliphatic carbocycles. The lowest BCUT2D eigenvalue weighted by atomic mass is 9.44. The molecule has 5 fully saturated rings. The predicted octanol–water partition coefficient (Wildman–Crippen LogP) is 3.41. The molecule has 5 aliphatic rings. The van der Waals surface area contributed by atoms with E-state index in [1.807, 2.05) is 0 Å². The standard InChI is InChI=1S/C23H34O5/c1-13(24)22(27-14(2)25)10-7-18-16-11-19-23(28-19)12-15(26)5-8-21(23,4)17(16)6-9-20(18,22)3/h15-19,26H,5-12H2,1-4H3/t15-,16-,17+,18-,19+,20-,21-,22+,23+/m1/s1. The van der Waals surface area contributed by atoms with Crippen molar-refractivity contribution in [2.45, 2.75) is 102 Å². The van der Waals surface area contributed by atoms with Crippen LogP contribution in [0.5, 0.6) is 0 Å². The van der Waals surface area contributed by atoms with Gasteiger partial charge >= 0.3 is 5.97 Å². The summed E-state index contributed by atoms with van der Waals surface area (Å²) in [7, 11) is 0. The minimum absolute atomic E-state index is 0.00554. The summed E-state index contributed by atoms with van der Waals surface area (Å²) in [6, 6.07) is 0. The summed E-state index contributed by atoms with van der Waals surface area (Å²) in [6.45, 7) is 7.63. The first-order chi connectivity index (χ1) is 13.1. The van der Waals surface area contributed by atoms with Crippen LogP contribution < -0.4 is 0 Å². The van der Waals surface area contributed by atoms with Crippen molar-refractivity contribution in [3.05, 3.63) is 0 Å². The summed E-state index contributed by atoms with van der Waals surface area (Å²) in [4.78, 5) is 24.7. The van der Waals surface area contributed by atoms with Crippen LogP contribution in [0.1, 0.15) is 79.1 Å². The van der Waals surface area contributed by atoms with E-state index in [1.165, 1.54) is 6.92 Å². The Morgan fingerprint density at radius 2 is 1.64 bits per heavy atom. The summed E-state index contributed by atoms with van der Waals surface area (Å²) in [5, 5.41) is 10.3. The van der Waals surface area contributed by atoms with Crippen molar-refractivity contribution < 1.29 is 24.2 Å². The molecule has 28 heavy (non-hydrogen) atoms. The van der Waals surface area contributed by atoms with E-state index in [9.17, 15) is 14.7 Å². The molecule has 0 radical (unpaired) electrons. The van der Waals surface area contributed by atoms with Gasteiger partial charge in [-0.05, 0) is 69.6 Å². The molecule has 0 aromatic carbocycles. The lowest BCUT2D eigenvalue weighted by Gasteiger charge is -2.60. The van der Waals surface area contributed by atoms with Crippen LogP contribution in [-0.2, 0) is 19.1 Å². The third kappa shape index (κ3) is 2.05. The molecule has 9 atom stereocenters. The molecular formula is C23H34O5. The van der Waals surface area contributed by atoms with Crippen molar-refractivity contribution in [2.75, 3.05) is 0 Å². The highest BCUT2D eigenvalue weighted by Crippen LogP contribution is 2.74. The molecule has 0 amide bonds. The number of carbonyl (C=O) groups excluding carboxylic acids is 2. The van der Waals surface area contributed by atoms with E-state index < -0.39 is 5.60 Å². The summed E-state index contributed by atoms with van der Waals surface area (Å²) in [6.07, 6.45) is 7.29. The fraction of sp³-hybridized carbons (Fsp3) is 0.913. The number of fused-ring (bicyclic) bond motifs is 4. The number of rotatable bonds is 2. The maximum absolute atomic E-state index is 12.8. The third-order valence-electron chi connectivity index (χ3n) is 10.1. The molecule has 0 aromatic rings. The second-order valence-electron chi connectivity index (χ2n) is 10.9. The quantitative estimate of drug-likeness (QED) is 0.578. The largest absolute Gasteiger partial charge is 0.451 e. The monoisotopic (exact) mass is 390 g/mol. The smallest absolute Gasteiger partial charge is 0.303 e. The van der Waals surface area contributed by atoms with Crippen molar-refractivity contribution in [2.24, 2.45) is 28.6 Å². The number of ketones is 1. The zero-order valence-electron chi connectivity index (χ0n) is 17.6. The highest BCUT2D eigenvalue weighted by molar-refractivity contribution is 5.89. The Labute approximate surface area is 167 Å². The Balaban J connectivity index is 1.51. The fourth-order valence-corrected chi connectivity index (χ4v) is 8.72. The van der Waals surface area contributed by atoms with E-state index in [0.717, 1.165) is 44.9 Å². The molecule has 1 aliphatic heterocycles. The maximum Gasteiger partial charge on any atom is 0.303 e. The van der Waals surface area contributed by atoms with E-state index in [4.69, 9.17) is 9.47 Å². The molecular weight excluding hydrogens is 356 g/mol. The van der Waals surface area contributed by atoms with Gasteiger partial charge < -0.3 is 14.6 Å². The molecule has 1 heterocycles. The highest BCUT2D eigenvalue weighted by Gasteiger charge is 2.77. The van der Waals surface area contributed by atoms with Gasteiger partial charge in [-0.1, -0.05) is 13.8 Å². The number of aliphatic hydroxyl groups is 1. The Morgan fingerprint density at radius 3 is 2.32 bits per heavy atom. The highest BCUT2D eigenvalue weighted by atomic mass is 16.6. The predicted molar refractivity (Wildman–Crippen MR) is 102 cm³/mol. The van der Waals surface area contributed by atoms with Crippen molar-refractivity contribution in [1.82, 2.24) is 0 Å². The van der Waals surface area contributed by atoms with Crippen LogP contribution in [0.2, 0.25) is 0 Å². The number of carbonyl (C=O) groups is 2. The fourth-order valence-electron chi connectivity index (χ4n) is 8.72. The Hall–Kier alpha value is -0.940. The summed E-state index contributed by atoms with van der Waals surface area (Å²) >= 11 is 0. The molecule has 0 unspecified atom stereocenters. The molecule has 5 rings (SSSR count). The summed E-state index contributed by atoms with van der Waals surface area (Å²) < 4.78 is 12.2. The average molecular weight is 391 g/mol. The Bertz CT molecular complexity index is 735. The topological polar surface area (TPSA) is 76.1 Å². The van der Waals surface area contributed by atoms with Gasteiger partial charge in [-0.2, -0.15) is 0 Å². The molecule has 1 N–H and O–H groups in total. The molecule has 4 saturated carbocycles. The van der Waals surface area contributed by atoms with Crippen LogP contribution in [0.25, 0.3) is 0 Å². The molecule has 0 bridgehead atoms. The second kappa shape index (κ2) is 5.60. The lowest BCUT2D eigenvalue weighted by Crippen LogP contribution is -2.61. The van der Waals surface area contributed by atoms with Gasteiger partial charge in [0, 0.05) is 24.2 Å². The number of esters is 1. The summed E-state index contributed by atoms with van der Waals surface area (Å²) in [5.41, 5.74) is -1.25. The first-order valence-electron chi connectivity index (χ1n) is 11.2. The number of aliphatic hydroxyl groups excluding tert-OH is 1. The van der Waals surface area contributed by atoms with E-state index in [2.05, 4.69) is 13.8 Å². The van der Waals surface area contributed by atoms with Gasteiger partial charge in [0.1, 0.15) is 5.60 Å². The zero-order valence-corrected chi connectivity index (χ0v) is 17.6. The number of epoxide rings is 1. The number of hydrogen-bond donors (Lipinski definition) is 1. The van der Waals surface area contributed by atoms with Crippen molar-refractivity contribution >= 4 is 11.8 Å². The second-order valence-corrected chi connectivity index (χ2v) is 10.9. The first-order valence-corrected chi connectivity index (χ1v) is 11.2. The minimum atomic E-state index is -0.961. The first kappa shape index (κ1) is 19.0. The van der Waals surface area contributed by atoms with E-state index in [-0.39, 0.29) is 40.4 Å². The molecule has 1 saturated heterocycles. The van der Waals surface area contributed by atoms with E-state index >= 15 is 0 Å². The van der Waals surface area contributed by atoms with Crippen LogP contribution in [0.4, 0.5) is 0 Å². The Morgan fingerprint density at radius 1 is 1.00 bits per heavy atom. The summed E-state index contributed by atoms with van der Waals surface area (Å²) in [5.74, 6) is 1.13. The van der Waals surface area contributed by atoms with E-state index in [0.29, 0.717) is 24.2 Å².